The molecule has 1 amide bonds. The van der Waals surface area contributed by atoms with Gasteiger partial charge in [-0.25, -0.2) is 9.37 Å². The molecule has 1 aromatic heterocycles. The van der Waals surface area contributed by atoms with Crippen molar-refractivity contribution in [2.24, 2.45) is 0 Å². The maximum absolute atomic E-state index is 13.2. The molecule has 1 aliphatic heterocycles. The smallest absolute Gasteiger partial charge is 0.226 e. The first-order valence-corrected chi connectivity index (χ1v) is 8.93. The average Bonchev–Trinajstić information content (AvgIpc) is 3.00. The van der Waals surface area contributed by atoms with Crippen LogP contribution in [-0.2, 0) is 11.4 Å². The van der Waals surface area contributed by atoms with Crippen LogP contribution in [0.1, 0.15) is 28.3 Å². The number of thiazole rings is 1. The molecule has 0 bridgehead atoms. The van der Waals surface area contributed by atoms with E-state index < -0.39 is 0 Å². The summed E-state index contributed by atoms with van der Waals surface area (Å²) in [6, 6.07) is 13.9. The second-order valence-electron chi connectivity index (χ2n) is 6.06. The van der Waals surface area contributed by atoms with Gasteiger partial charge in [-0.2, -0.15) is 0 Å². The number of nitrogens with zero attached hydrogens (tertiary/aromatic N) is 1. The zero-order chi connectivity index (χ0) is 18.1. The van der Waals surface area contributed by atoms with Gasteiger partial charge in [0, 0.05) is 12.3 Å². The van der Waals surface area contributed by atoms with E-state index in [2.05, 4.69) is 10.3 Å². The minimum Gasteiger partial charge on any atom is -0.489 e. The highest BCUT2D eigenvalue weighted by molar-refractivity contribution is 7.16. The van der Waals surface area contributed by atoms with Crippen molar-refractivity contribution in [1.29, 1.82) is 0 Å². The minimum absolute atomic E-state index is 0.0641. The molecule has 0 saturated heterocycles. The molecular weight excluding hydrogens is 353 g/mol. The van der Waals surface area contributed by atoms with Gasteiger partial charge in [0.2, 0.25) is 5.91 Å². The van der Waals surface area contributed by atoms with Gasteiger partial charge < -0.3 is 15.8 Å². The summed E-state index contributed by atoms with van der Waals surface area (Å²) in [7, 11) is 0. The number of benzene rings is 2. The number of rotatable bonds is 4. The van der Waals surface area contributed by atoms with Crippen LogP contribution >= 0.6 is 11.3 Å². The molecule has 1 atom stereocenters. The van der Waals surface area contributed by atoms with Gasteiger partial charge in [-0.1, -0.05) is 35.6 Å². The van der Waals surface area contributed by atoms with Crippen LogP contribution < -0.4 is 15.8 Å². The van der Waals surface area contributed by atoms with E-state index in [1.807, 2.05) is 30.3 Å². The molecule has 0 radical (unpaired) electrons. The van der Waals surface area contributed by atoms with Gasteiger partial charge >= 0.3 is 0 Å². The maximum Gasteiger partial charge on any atom is 0.226 e. The number of carbonyl (C=O) groups is 1. The van der Waals surface area contributed by atoms with Crippen LogP contribution in [0.5, 0.6) is 5.75 Å². The molecule has 3 aromatic rings. The van der Waals surface area contributed by atoms with Gasteiger partial charge in [0.25, 0.3) is 0 Å². The molecule has 0 spiro atoms. The molecule has 132 valence electrons. The maximum atomic E-state index is 13.2. The highest BCUT2D eigenvalue weighted by Crippen LogP contribution is 2.41. The van der Waals surface area contributed by atoms with Crippen molar-refractivity contribution in [1.82, 2.24) is 4.98 Å². The molecule has 1 aliphatic rings. The van der Waals surface area contributed by atoms with Crippen LogP contribution in [0.2, 0.25) is 0 Å². The zero-order valence-electron chi connectivity index (χ0n) is 13.7. The lowest BCUT2D eigenvalue weighted by Gasteiger charge is -2.21. The molecule has 0 unspecified atom stereocenters. The number of amides is 1. The Morgan fingerprint density at radius 2 is 2.08 bits per heavy atom. The third-order valence-electron chi connectivity index (χ3n) is 4.21. The van der Waals surface area contributed by atoms with E-state index in [9.17, 15) is 9.18 Å². The highest BCUT2D eigenvalue weighted by Gasteiger charge is 2.29. The third-order valence-corrected chi connectivity index (χ3v) is 5.21. The van der Waals surface area contributed by atoms with E-state index in [1.54, 1.807) is 6.07 Å². The van der Waals surface area contributed by atoms with E-state index >= 15 is 0 Å². The molecule has 2 heterocycles. The van der Waals surface area contributed by atoms with Gasteiger partial charge in [0.05, 0.1) is 4.88 Å². The molecular formula is C19H16FN3O2S. The van der Waals surface area contributed by atoms with Crippen LogP contribution in [0.3, 0.4) is 0 Å². The van der Waals surface area contributed by atoms with Crippen LogP contribution in [-0.4, -0.2) is 10.9 Å². The first kappa shape index (κ1) is 16.5. The number of carbonyl (C=O) groups excluding carboxylic acids is 1. The molecule has 0 saturated carbocycles. The van der Waals surface area contributed by atoms with Crippen molar-refractivity contribution >= 4 is 28.2 Å². The number of hydrogen-bond donors (Lipinski definition) is 2. The fourth-order valence-electron chi connectivity index (χ4n) is 3.00. The number of fused-ring (bicyclic) bond motifs is 1. The fraction of sp³-hybridized carbons (Fsp3) is 0.158. The summed E-state index contributed by atoms with van der Waals surface area (Å²) in [5.74, 6) is 0.823. The van der Waals surface area contributed by atoms with Crippen molar-refractivity contribution in [2.45, 2.75) is 18.9 Å². The number of ether oxygens (including phenoxy) is 1. The van der Waals surface area contributed by atoms with E-state index in [-0.39, 0.29) is 17.6 Å². The Morgan fingerprint density at radius 1 is 1.27 bits per heavy atom. The average molecular weight is 369 g/mol. The molecule has 7 heteroatoms. The van der Waals surface area contributed by atoms with Crippen molar-refractivity contribution in [2.75, 3.05) is 11.1 Å². The van der Waals surface area contributed by atoms with Crippen molar-refractivity contribution in [3.05, 3.63) is 70.4 Å². The number of nitrogen functional groups attached to an aromatic ring is 1. The topological polar surface area (TPSA) is 77.2 Å². The predicted octanol–water partition coefficient (Wildman–Crippen LogP) is 3.92. The quantitative estimate of drug-likeness (QED) is 0.731. The number of hydrogen-bond acceptors (Lipinski definition) is 5. The number of anilines is 2. The highest BCUT2D eigenvalue weighted by atomic mass is 32.1. The lowest BCUT2D eigenvalue weighted by molar-refractivity contribution is -0.116. The van der Waals surface area contributed by atoms with Crippen LogP contribution in [0.4, 0.5) is 15.3 Å². The van der Waals surface area contributed by atoms with Crippen LogP contribution in [0, 0.1) is 5.82 Å². The Hall–Kier alpha value is -2.93. The van der Waals surface area contributed by atoms with E-state index in [0.717, 1.165) is 16.0 Å². The van der Waals surface area contributed by atoms with Gasteiger partial charge in [-0.05, 0) is 35.4 Å². The van der Waals surface area contributed by atoms with Crippen LogP contribution in [0.15, 0.2) is 48.5 Å². The SMILES string of the molecule is Nc1nc2c(s1)[C@H](c1ccc(OCc3cccc(F)c3)cc1)CC(=O)N2. The molecule has 4 rings (SSSR count). The van der Waals surface area contributed by atoms with Crippen LogP contribution in [0.25, 0.3) is 0 Å². The summed E-state index contributed by atoms with van der Waals surface area (Å²) in [6.07, 6.45) is 0.359. The Kier molecular flexibility index (Phi) is 4.30. The number of aromatic nitrogens is 1. The summed E-state index contributed by atoms with van der Waals surface area (Å²) in [5.41, 5.74) is 7.55. The number of nitrogens with two attached hydrogens (primary N) is 1. The lowest BCUT2D eigenvalue weighted by atomic mass is 9.91. The van der Waals surface area contributed by atoms with Gasteiger partial charge in [-0.3, -0.25) is 4.79 Å². The second-order valence-corrected chi connectivity index (χ2v) is 7.12. The van der Waals surface area contributed by atoms with Gasteiger partial charge in [-0.15, -0.1) is 0 Å². The summed E-state index contributed by atoms with van der Waals surface area (Å²) in [6.45, 7) is 0.290. The number of nitrogens with one attached hydrogen (secondary N) is 1. The van der Waals surface area contributed by atoms with E-state index in [4.69, 9.17) is 10.5 Å². The fourth-order valence-corrected chi connectivity index (χ4v) is 3.91. The Balaban J connectivity index is 1.50. The molecule has 0 fully saturated rings. The Bertz CT molecular complexity index is 956. The third kappa shape index (κ3) is 3.39. The van der Waals surface area contributed by atoms with Gasteiger partial charge in [0.15, 0.2) is 5.13 Å². The minimum atomic E-state index is -0.281. The standard InChI is InChI=1S/C19H16FN3O2S/c20-13-3-1-2-11(8-13)10-25-14-6-4-12(5-7-14)15-9-16(24)22-18-17(15)26-19(21)23-18/h1-8,15H,9-10H2,(H2,21,23)(H,22,24)/t15-/m0/s1. The van der Waals surface area contributed by atoms with Gasteiger partial charge in [0.1, 0.15) is 24.0 Å². The molecule has 0 aliphatic carbocycles. The van der Waals surface area contributed by atoms with Crippen molar-refractivity contribution in [3.8, 4) is 5.75 Å². The predicted molar refractivity (Wildman–Crippen MR) is 98.8 cm³/mol. The van der Waals surface area contributed by atoms with Crippen molar-refractivity contribution in [3.63, 3.8) is 0 Å². The summed E-state index contributed by atoms with van der Waals surface area (Å²) >= 11 is 1.39. The first-order valence-electron chi connectivity index (χ1n) is 8.12. The second kappa shape index (κ2) is 6.76. The molecule has 26 heavy (non-hydrogen) atoms. The normalized spacial score (nSPS) is 16.0. The van der Waals surface area contributed by atoms with E-state index in [0.29, 0.717) is 29.7 Å². The largest absolute Gasteiger partial charge is 0.489 e. The monoisotopic (exact) mass is 369 g/mol. The lowest BCUT2D eigenvalue weighted by Crippen LogP contribution is -2.22. The van der Waals surface area contributed by atoms with E-state index in [1.165, 1.54) is 23.5 Å². The summed E-state index contributed by atoms with van der Waals surface area (Å²) in [5, 5.41) is 3.20. The Morgan fingerprint density at radius 3 is 2.85 bits per heavy atom. The summed E-state index contributed by atoms with van der Waals surface area (Å²) < 4.78 is 18.9. The molecule has 2 aromatic carbocycles. The summed E-state index contributed by atoms with van der Waals surface area (Å²) in [4.78, 5) is 17.1. The molecule has 5 nitrogen and oxygen atoms in total. The Labute approximate surface area is 153 Å². The molecule has 3 N–H and O–H groups in total. The zero-order valence-corrected chi connectivity index (χ0v) is 14.6. The first-order chi connectivity index (χ1) is 12.6. The van der Waals surface area contributed by atoms with Crippen molar-refractivity contribution < 1.29 is 13.9 Å². The number of halogens is 1.